The number of amides is 1. The number of anilines is 1. The van der Waals surface area contributed by atoms with E-state index in [4.69, 9.17) is 4.74 Å². The van der Waals surface area contributed by atoms with Crippen LogP contribution in [0.5, 0.6) is 5.88 Å². The third-order valence-electron chi connectivity index (χ3n) is 3.91. The number of H-pyrrole nitrogens is 1. The highest BCUT2D eigenvalue weighted by molar-refractivity contribution is 5.87. The first-order chi connectivity index (χ1) is 11.6. The third-order valence-corrected chi connectivity index (χ3v) is 3.91. The van der Waals surface area contributed by atoms with Crippen LogP contribution in [0.3, 0.4) is 0 Å². The number of pyridine rings is 2. The van der Waals surface area contributed by atoms with Gasteiger partial charge in [0.2, 0.25) is 11.8 Å². The van der Waals surface area contributed by atoms with Gasteiger partial charge >= 0.3 is 0 Å². The van der Waals surface area contributed by atoms with Gasteiger partial charge in [-0.2, -0.15) is 0 Å². The molecule has 3 heterocycles. The van der Waals surface area contributed by atoms with E-state index in [1.165, 1.54) is 6.08 Å². The van der Waals surface area contributed by atoms with Crippen molar-refractivity contribution in [2.24, 2.45) is 0 Å². The number of aromatic amines is 1. The fourth-order valence-corrected chi connectivity index (χ4v) is 2.56. The highest BCUT2D eigenvalue weighted by atomic mass is 16.5. The number of hydrogen-bond acceptors (Lipinski definition) is 5. The largest absolute Gasteiger partial charge is 0.481 e. The number of carbonyl (C=O) groups excluding carboxylic acids is 1. The van der Waals surface area contributed by atoms with Crippen molar-refractivity contribution in [3.63, 3.8) is 0 Å². The lowest BCUT2D eigenvalue weighted by Crippen LogP contribution is -2.56. The molecule has 1 fully saturated rings. The minimum Gasteiger partial charge on any atom is -0.481 e. The van der Waals surface area contributed by atoms with Crippen molar-refractivity contribution in [2.75, 3.05) is 25.5 Å². The Hall–Kier alpha value is -3.09. The minimum absolute atomic E-state index is 0.0530. The lowest BCUT2D eigenvalue weighted by atomic mass is 10.1. The van der Waals surface area contributed by atoms with E-state index < -0.39 is 0 Å². The Morgan fingerprint density at radius 3 is 2.96 bits per heavy atom. The van der Waals surface area contributed by atoms with Gasteiger partial charge in [0.15, 0.2) is 0 Å². The third kappa shape index (κ3) is 3.15. The van der Waals surface area contributed by atoms with Crippen molar-refractivity contribution in [2.45, 2.75) is 6.04 Å². The Labute approximate surface area is 139 Å². The maximum absolute atomic E-state index is 12.0. The minimum atomic E-state index is -0.201. The van der Waals surface area contributed by atoms with Crippen LogP contribution in [0.1, 0.15) is 0 Å². The summed E-state index contributed by atoms with van der Waals surface area (Å²) < 4.78 is 5.12. The average Bonchev–Trinajstić information content (AvgIpc) is 2.58. The smallest absolute Gasteiger partial charge is 0.271 e. The molecule has 0 spiro atoms. The summed E-state index contributed by atoms with van der Waals surface area (Å²) in [6.45, 7) is 4.57. The molecule has 0 radical (unpaired) electrons. The van der Waals surface area contributed by atoms with E-state index in [0.717, 1.165) is 11.1 Å². The number of nitrogens with one attached hydrogen (secondary N) is 2. The highest BCUT2D eigenvalue weighted by Gasteiger charge is 2.29. The van der Waals surface area contributed by atoms with E-state index in [2.05, 4.69) is 21.9 Å². The van der Waals surface area contributed by atoms with Crippen molar-refractivity contribution < 1.29 is 9.53 Å². The molecule has 124 valence electrons. The summed E-state index contributed by atoms with van der Waals surface area (Å²) in [6.07, 6.45) is 4.59. The molecular weight excluding hydrogens is 308 g/mol. The summed E-state index contributed by atoms with van der Waals surface area (Å²) in [5, 5.41) is 3.18. The number of methoxy groups -OCH3 is 1. The van der Waals surface area contributed by atoms with Crippen molar-refractivity contribution in [3.05, 3.63) is 53.6 Å². The average molecular weight is 326 g/mol. The van der Waals surface area contributed by atoms with Gasteiger partial charge in [0.25, 0.3) is 5.56 Å². The van der Waals surface area contributed by atoms with Crippen LogP contribution < -0.4 is 15.6 Å². The van der Waals surface area contributed by atoms with Gasteiger partial charge in [0, 0.05) is 37.1 Å². The normalized spacial score (nSPS) is 14.0. The quantitative estimate of drug-likeness (QED) is 0.808. The zero-order valence-electron chi connectivity index (χ0n) is 13.3. The molecule has 1 aliphatic heterocycles. The summed E-state index contributed by atoms with van der Waals surface area (Å²) in [4.78, 5) is 31.9. The van der Waals surface area contributed by atoms with Crippen LogP contribution in [-0.4, -0.2) is 47.0 Å². The summed E-state index contributed by atoms with van der Waals surface area (Å²) in [5.41, 5.74) is 2.00. The molecule has 7 heteroatoms. The molecule has 1 amide bonds. The number of likely N-dealkylation sites (tertiary alicyclic amines) is 1. The molecule has 0 aliphatic carbocycles. The number of hydrogen-bond donors (Lipinski definition) is 2. The summed E-state index contributed by atoms with van der Waals surface area (Å²) >= 11 is 0. The van der Waals surface area contributed by atoms with Gasteiger partial charge in [0.1, 0.15) is 5.69 Å². The molecule has 0 atom stereocenters. The Morgan fingerprint density at radius 2 is 2.25 bits per heavy atom. The van der Waals surface area contributed by atoms with E-state index in [0.29, 0.717) is 24.7 Å². The molecule has 1 saturated heterocycles. The molecule has 0 unspecified atom stereocenters. The lowest BCUT2D eigenvalue weighted by Gasteiger charge is -2.39. The van der Waals surface area contributed by atoms with Crippen LogP contribution in [0.25, 0.3) is 11.1 Å². The van der Waals surface area contributed by atoms with Gasteiger partial charge in [-0.25, -0.2) is 4.98 Å². The Balaban J connectivity index is 1.76. The fourth-order valence-electron chi connectivity index (χ4n) is 2.56. The predicted octanol–water partition coefficient (Wildman–Crippen LogP) is 1.25. The molecule has 2 N–H and O–H groups in total. The van der Waals surface area contributed by atoms with E-state index >= 15 is 0 Å². The summed E-state index contributed by atoms with van der Waals surface area (Å²) in [6, 6.07) is 5.47. The van der Waals surface area contributed by atoms with Crippen molar-refractivity contribution in [1.82, 2.24) is 14.9 Å². The first kappa shape index (κ1) is 15.8. The zero-order valence-corrected chi connectivity index (χ0v) is 13.3. The Bertz CT molecular complexity index is 825. The molecule has 7 nitrogen and oxygen atoms in total. The predicted molar refractivity (Wildman–Crippen MR) is 91.0 cm³/mol. The van der Waals surface area contributed by atoms with Crippen LogP contribution in [-0.2, 0) is 4.79 Å². The molecule has 0 aromatic carbocycles. The van der Waals surface area contributed by atoms with Gasteiger partial charge in [-0.1, -0.05) is 6.58 Å². The van der Waals surface area contributed by atoms with Crippen molar-refractivity contribution >= 4 is 11.6 Å². The van der Waals surface area contributed by atoms with Crippen LogP contribution in [0.2, 0.25) is 0 Å². The first-order valence-corrected chi connectivity index (χ1v) is 7.51. The monoisotopic (exact) mass is 326 g/mol. The number of ether oxygens (including phenoxy) is 1. The second-order valence-electron chi connectivity index (χ2n) is 5.51. The van der Waals surface area contributed by atoms with Crippen LogP contribution in [0.4, 0.5) is 5.69 Å². The molecule has 2 aromatic rings. The van der Waals surface area contributed by atoms with Crippen LogP contribution in [0.15, 0.2) is 48.0 Å². The van der Waals surface area contributed by atoms with E-state index in [-0.39, 0.29) is 17.5 Å². The lowest BCUT2D eigenvalue weighted by molar-refractivity contribution is -0.129. The topological polar surface area (TPSA) is 87.3 Å². The molecule has 3 rings (SSSR count). The van der Waals surface area contributed by atoms with E-state index in [1.54, 1.807) is 36.5 Å². The zero-order chi connectivity index (χ0) is 17.1. The molecular formula is C17H18N4O3. The van der Waals surface area contributed by atoms with E-state index in [1.807, 2.05) is 6.07 Å². The first-order valence-electron chi connectivity index (χ1n) is 7.51. The van der Waals surface area contributed by atoms with Crippen molar-refractivity contribution in [3.8, 4) is 17.0 Å². The van der Waals surface area contributed by atoms with Crippen LogP contribution in [0, 0.1) is 0 Å². The summed E-state index contributed by atoms with van der Waals surface area (Å²) in [5.74, 6) is 0.408. The highest BCUT2D eigenvalue weighted by Crippen LogP contribution is 2.23. The van der Waals surface area contributed by atoms with E-state index in [9.17, 15) is 9.59 Å². The molecule has 24 heavy (non-hydrogen) atoms. The van der Waals surface area contributed by atoms with Gasteiger partial charge in [-0.05, 0) is 23.8 Å². The maximum Gasteiger partial charge on any atom is 0.271 e. The second kappa shape index (κ2) is 6.57. The molecule has 0 saturated carbocycles. The molecule has 0 bridgehead atoms. The Kier molecular flexibility index (Phi) is 4.33. The second-order valence-corrected chi connectivity index (χ2v) is 5.51. The van der Waals surface area contributed by atoms with Gasteiger partial charge in [-0.15, -0.1) is 0 Å². The summed E-state index contributed by atoms with van der Waals surface area (Å²) in [7, 11) is 1.55. The maximum atomic E-state index is 12.0. The molecule has 1 aliphatic rings. The van der Waals surface area contributed by atoms with Gasteiger partial charge in [-0.3, -0.25) is 9.59 Å². The SMILES string of the molecule is C=CC(=O)N1CC(Nc2cc(-c3ccnc(OC)c3)c[nH]c2=O)C1. The number of rotatable bonds is 5. The number of carbonyl (C=O) groups is 1. The van der Waals surface area contributed by atoms with Gasteiger partial charge < -0.3 is 19.9 Å². The standard InChI is InChI=1S/C17H18N4O3/c1-3-16(22)21-9-13(10-21)20-14-6-12(8-19-17(14)23)11-4-5-18-15(7-11)24-2/h3-8,13,20H,1,9-10H2,2H3,(H,19,23). The van der Waals surface area contributed by atoms with Crippen LogP contribution >= 0.6 is 0 Å². The van der Waals surface area contributed by atoms with Gasteiger partial charge in [0.05, 0.1) is 13.2 Å². The number of nitrogens with zero attached hydrogens (tertiary/aromatic N) is 2. The van der Waals surface area contributed by atoms with Crippen molar-refractivity contribution in [1.29, 1.82) is 0 Å². The fraction of sp³-hybridized carbons (Fsp3) is 0.235. The number of aromatic nitrogens is 2. The molecule has 2 aromatic heterocycles. The Morgan fingerprint density at radius 1 is 1.46 bits per heavy atom.